The highest BCUT2D eigenvalue weighted by atomic mass is 16.6. The predicted molar refractivity (Wildman–Crippen MR) is 129 cm³/mol. The summed E-state index contributed by atoms with van der Waals surface area (Å²) in [5.74, 6) is -0.179. The Kier molecular flexibility index (Phi) is 7.52. The molecule has 0 bridgehead atoms. The fraction of sp³-hybridized carbons (Fsp3) is 0.536. The van der Waals surface area contributed by atoms with Crippen molar-refractivity contribution in [2.24, 2.45) is 5.41 Å². The van der Waals surface area contributed by atoms with Gasteiger partial charge in [0.2, 0.25) is 0 Å². The summed E-state index contributed by atoms with van der Waals surface area (Å²) in [4.78, 5) is 15.0. The summed E-state index contributed by atoms with van der Waals surface area (Å²) in [7, 11) is 0. The summed E-state index contributed by atoms with van der Waals surface area (Å²) in [6.45, 7) is 9.30. The van der Waals surface area contributed by atoms with E-state index in [4.69, 9.17) is 14.2 Å². The quantitative estimate of drug-likeness (QED) is 0.530. The topological polar surface area (TPSA) is 48.0 Å². The third-order valence-electron chi connectivity index (χ3n) is 6.81. The lowest BCUT2D eigenvalue weighted by Gasteiger charge is -2.31. The van der Waals surface area contributed by atoms with Crippen LogP contribution in [0.25, 0.3) is 0 Å². The van der Waals surface area contributed by atoms with Crippen LogP contribution in [0.2, 0.25) is 0 Å². The number of fused-ring (bicyclic) bond motifs is 1. The number of esters is 1. The van der Waals surface area contributed by atoms with Crippen molar-refractivity contribution in [2.45, 2.75) is 84.1 Å². The highest BCUT2D eigenvalue weighted by Crippen LogP contribution is 2.41. The van der Waals surface area contributed by atoms with E-state index in [-0.39, 0.29) is 30.3 Å². The van der Waals surface area contributed by atoms with E-state index in [9.17, 15) is 4.79 Å². The molecule has 2 aromatic carbocycles. The Balaban J connectivity index is 1.54. The highest BCUT2D eigenvalue weighted by Gasteiger charge is 2.54. The minimum atomic E-state index is -0.530. The van der Waals surface area contributed by atoms with Gasteiger partial charge in [0.1, 0.15) is 18.8 Å². The minimum Gasteiger partial charge on any atom is -0.464 e. The Morgan fingerprint density at radius 1 is 0.879 bits per heavy atom. The molecule has 2 saturated heterocycles. The average Bonchev–Trinajstić information content (AvgIpc) is 3.32. The second-order valence-corrected chi connectivity index (χ2v) is 10.4. The molecule has 33 heavy (non-hydrogen) atoms. The van der Waals surface area contributed by atoms with Gasteiger partial charge < -0.3 is 14.2 Å². The smallest absolute Gasteiger partial charge is 0.311 e. The second-order valence-electron chi connectivity index (χ2n) is 10.4. The van der Waals surface area contributed by atoms with Crippen LogP contribution in [0.4, 0.5) is 0 Å². The first-order valence-corrected chi connectivity index (χ1v) is 12.1. The van der Waals surface area contributed by atoms with Crippen molar-refractivity contribution in [2.75, 3.05) is 6.61 Å². The van der Waals surface area contributed by atoms with E-state index >= 15 is 0 Å². The number of carbonyl (C=O) groups is 1. The molecule has 0 aromatic heterocycles. The number of benzene rings is 2. The van der Waals surface area contributed by atoms with Crippen LogP contribution in [-0.2, 0) is 32.2 Å². The largest absolute Gasteiger partial charge is 0.464 e. The summed E-state index contributed by atoms with van der Waals surface area (Å²) >= 11 is 0. The van der Waals surface area contributed by atoms with Crippen LogP contribution in [0.15, 0.2) is 60.7 Å². The lowest BCUT2D eigenvalue weighted by atomic mass is 9.97. The van der Waals surface area contributed by atoms with Crippen molar-refractivity contribution in [3.05, 3.63) is 71.8 Å². The van der Waals surface area contributed by atoms with Crippen LogP contribution in [0.5, 0.6) is 0 Å². The van der Waals surface area contributed by atoms with E-state index < -0.39 is 5.41 Å². The molecule has 5 atom stereocenters. The maximum Gasteiger partial charge on any atom is 0.311 e. The Labute approximate surface area is 198 Å². The lowest BCUT2D eigenvalue weighted by Crippen LogP contribution is -2.45. The van der Waals surface area contributed by atoms with Crippen LogP contribution >= 0.6 is 0 Å². The summed E-state index contributed by atoms with van der Waals surface area (Å²) < 4.78 is 18.9. The number of hydrogen-bond donors (Lipinski definition) is 0. The van der Waals surface area contributed by atoms with Gasteiger partial charge in [0.25, 0.3) is 0 Å². The predicted octanol–water partition coefficient (Wildman–Crippen LogP) is 4.98. The normalized spacial score (nSPS) is 27.5. The molecule has 0 amide bonds. The van der Waals surface area contributed by atoms with Crippen LogP contribution in [0.3, 0.4) is 0 Å². The highest BCUT2D eigenvalue weighted by molar-refractivity contribution is 5.75. The number of carbonyl (C=O) groups excluding carboxylic acids is 1. The van der Waals surface area contributed by atoms with Gasteiger partial charge in [-0.2, -0.15) is 0 Å². The van der Waals surface area contributed by atoms with Gasteiger partial charge in [0, 0.05) is 12.1 Å². The van der Waals surface area contributed by atoms with Gasteiger partial charge in [0.05, 0.1) is 24.7 Å². The van der Waals surface area contributed by atoms with Crippen molar-refractivity contribution in [1.82, 2.24) is 4.90 Å². The zero-order chi connectivity index (χ0) is 23.4. The monoisotopic (exact) mass is 451 g/mol. The molecule has 4 rings (SSSR count). The van der Waals surface area contributed by atoms with Gasteiger partial charge in [-0.25, -0.2) is 0 Å². The lowest BCUT2D eigenvalue weighted by molar-refractivity contribution is -0.157. The average molecular weight is 452 g/mol. The molecule has 2 aliphatic rings. The van der Waals surface area contributed by atoms with E-state index in [1.165, 1.54) is 0 Å². The molecular formula is C28H37NO4. The molecule has 2 heterocycles. The molecule has 0 radical (unpaired) electrons. The van der Waals surface area contributed by atoms with Crippen molar-refractivity contribution < 1.29 is 19.0 Å². The van der Waals surface area contributed by atoms with Gasteiger partial charge in [0.15, 0.2) is 0 Å². The third-order valence-corrected chi connectivity index (χ3v) is 6.81. The Hall–Kier alpha value is -2.21. The van der Waals surface area contributed by atoms with Gasteiger partial charge in [-0.05, 0) is 51.7 Å². The number of nitrogens with zero attached hydrogens (tertiary/aromatic N) is 1. The zero-order valence-electron chi connectivity index (χ0n) is 20.3. The van der Waals surface area contributed by atoms with Gasteiger partial charge in [-0.1, -0.05) is 60.7 Å². The van der Waals surface area contributed by atoms with Gasteiger partial charge >= 0.3 is 5.97 Å². The molecule has 2 aromatic rings. The number of rotatable bonds is 8. The molecule has 2 fully saturated rings. The molecule has 5 nitrogen and oxygen atoms in total. The molecule has 5 heteroatoms. The molecule has 178 valence electrons. The summed E-state index contributed by atoms with van der Waals surface area (Å²) in [5.41, 5.74) is 1.75. The van der Waals surface area contributed by atoms with Crippen LogP contribution in [0, 0.1) is 5.41 Å². The van der Waals surface area contributed by atoms with Crippen LogP contribution in [-0.4, -0.2) is 47.8 Å². The molecule has 0 saturated carbocycles. The van der Waals surface area contributed by atoms with Gasteiger partial charge in [-0.15, -0.1) is 0 Å². The first-order chi connectivity index (χ1) is 15.8. The maximum atomic E-state index is 12.6. The summed E-state index contributed by atoms with van der Waals surface area (Å²) in [6, 6.07) is 21.1. The SMILES string of the molecule is C[C@H]1CC[C@H]2[C@@H](OCc3ccccc3)[C@@H](OCc3ccccc3)[C@@H](COC(=O)C(C)(C)C)N12. The minimum absolute atomic E-state index is 0.0247. The van der Waals surface area contributed by atoms with Crippen LogP contribution < -0.4 is 0 Å². The molecule has 2 aliphatic heterocycles. The standard InChI is InChI=1S/C28H37NO4/c1-20-15-16-23-25(31-17-21-11-7-5-8-12-21)26(32-18-22-13-9-6-10-14-22)24(29(20)23)19-33-27(30)28(2,3)4/h5-14,20,23-26H,15-19H2,1-4H3/t20-,23-,24+,25+,26-/m0/s1. The molecule has 0 aliphatic carbocycles. The van der Waals surface area contributed by atoms with E-state index in [0.717, 1.165) is 24.0 Å². The van der Waals surface area contributed by atoms with E-state index in [1.807, 2.05) is 57.2 Å². The zero-order valence-corrected chi connectivity index (χ0v) is 20.3. The summed E-state index contributed by atoms with van der Waals surface area (Å²) in [5, 5.41) is 0. The molecule has 0 unspecified atom stereocenters. The Morgan fingerprint density at radius 3 is 1.97 bits per heavy atom. The molecule has 0 spiro atoms. The van der Waals surface area contributed by atoms with Crippen LogP contribution in [0.1, 0.15) is 51.7 Å². The molecule has 0 N–H and O–H groups in total. The number of ether oxygens (including phenoxy) is 3. The van der Waals surface area contributed by atoms with Crippen molar-refractivity contribution in [3.8, 4) is 0 Å². The summed E-state index contributed by atoms with van der Waals surface area (Å²) in [6.07, 6.45) is 1.94. The Morgan fingerprint density at radius 2 is 1.42 bits per heavy atom. The fourth-order valence-corrected chi connectivity index (χ4v) is 5.05. The van der Waals surface area contributed by atoms with Crippen molar-refractivity contribution >= 4 is 5.97 Å². The first-order valence-electron chi connectivity index (χ1n) is 12.1. The van der Waals surface area contributed by atoms with E-state index in [2.05, 4.69) is 36.1 Å². The third kappa shape index (κ3) is 5.65. The number of hydrogen-bond acceptors (Lipinski definition) is 5. The van der Waals surface area contributed by atoms with E-state index in [0.29, 0.717) is 25.9 Å². The molecular weight excluding hydrogens is 414 g/mol. The van der Waals surface area contributed by atoms with Gasteiger partial charge in [-0.3, -0.25) is 9.69 Å². The first kappa shape index (κ1) is 23.9. The van der Waals surface area contributed by atoms with E-state index in [1.54, 1.807) is 0 Å². The second kappa shape index (κ2) is 10.4. The van der Waals surface area contributed by atoms with Crippen molar-refractivity contribution in [3.63, 3.8) is 0 Å². The fourth-order valence-electron chi connectivity index (χ4n) is 5.05. The maximum absolute atomic E-state index is 12.6. The Bertz CT molecular complexity index is 895. The van der Waals surface area contributed by atoms with Crippen molar-refractivity contribution in [1.29, 1.82) is 0 Å².